The summed E-state index contributed by atoms with van der Waals surface area (Å²) in [4.78, 5) is 23.7. The molecule has 6 heteroatoms. The first-order valence-corrected chi connectivity index (χ1v) is 11.5. The molecule has 0 amide bonds. The fourth-order valence-corrected chi connectivity index (χ4v) is 3.36. The maximum atomic E-state index is 11.8. The van der Waals surface area contributed by atoms with E-state index in [4.69, 9.17) is 14.2 Å². The molecule has 0 bridgehead atoms. The number of hydrogen-bond donors (Lipinski definition) is 1. The van der Waals surface area contributed by atoms with Crippen LogP contribution in [-0.4, -0.2) is 43.0 Å². The minimum Gasteiger partial charge on any atom is -0.462 e. The van der Waals surface area contributed by atoms with E-state index in [1.165, 1.54) is 12.2 Å². The topological polar surface area (TPSA) is 82.1 Å². The lowest BCUT2D eigenvalue weighted by atomic mass is 9.81. The first kappa shape index (κ1) is 29.1. The summed E-state index contributed by atoms with van der Waals surface area (Å²) in [5.41, 5.74) is 0.310. The van der Waals surface area contributed by atoms with Crippen LogP contribution in [-0.2, 0) is 23.8 Å². The largest absolute Gasteiger partial charge is 0.462 e. The highest BCUT2D eigenvalue weighted by molar-refractivity contribution is 5.82. The summed E-state index contributed by atoms with van der Waals surface area (Å²) in [6.07, 6.45) is 12.0. The van der Waals surface area contributed by atoms with Crippen LogP contribution in [0.2, 0.25) is 0 Å². The Morgan fingerprint density at radius 2 is 1.59 bits per heavy atom. The van der Waals surface area contributed by atoms with Crippen molar-refractivity contribution in [1.82, 2.24) is 0 Å². The minimum atomic E-state index is -0.859. The molecule has 0 saturated carbocycles. The van der Waals surface area contributed by atoms with E-state index in [9.17, 15) is 14.7 Å². The maximum Gasteiger partial charge on any atom is 0.330 e. The van der Waals surface area contributed by atoms with E-state index in [0.717, 1.165) is 0 Å². The Labute approximate surface area is 203 Å². The van der Waals surface area contributed by atoms with Crippen molar-refractivity contribution in [3.63, 3.8) is 0 Å². The lowest BCUT2D eigenvalue weighted by Crippen LogP contribution is -2.40. The second-order valence-electron chi connectivity index (χ2n) is 8.82. The van der Waals surface area contributed by atoms with Crippen molar-refractivity contribution in [3.05, 3.63) is 84.5 Å². The molecule has 0 aliphatic rings. The van der Waals surface area contributed by atoms with Crippen molar-refractivity contribution in [2.45, 2.75) is 46.8 Å². The quantitative estimate of drug-likeness (QED) is 0.231. The molecule has 1 aromatic rings. The van der Waals surface area contributed by atoms with Gasteiger partial charge in [-0.15, -0.1) is 0 Å². The molecule has 2 atom stereocenters. The monoisotopic (exact) mass is 470 g/mol. The molecule has 1 N–H and O–H groups in total. The third-order valence-corrected chi connectivity index (χ3v) is 4.92. The minimum absolute atomic E-state index is 0.110. The molecule has 0 aliphatic carbocycles. The summed E-state index contributed by atoms with van der Waals surface area (Å²) in [6.45, 7) is 10.5. The SMILES string of the molecule is C/C=C/C=C/C(=O)OCC(C)(C)C(OC/C=C/C=C/C(=O)OCC(O)c1ccccc1)C(C)C. The number of hydrogen-bond acceptors (Lipinski definition) is 6. The maximum absolute atomic E-state index is 11.8. The van der Waals surface area contributed by atoms with Crippen molar-refractivity contribution in [3.8, 4) is 0 Å². The van der Waals surface area contributed by atoms with Gasteiger partial charge in [-0.3, -0.25) is 0 Å². The van der Waals surface area contributed by atoms with E-state index in [0.29, 0.717) is 12.2 Å². The third kappa shape index (κ3) is 11.8. The number of allylic oxidation sites excluding steroid dienone is 5. The molecule has 1 aromatic carbocycles. The third-order valence-electron chi connectivity index (χ3n) is 4.92. The van der Waals surface area contributed by atoms with Gasteiger partial charge in [0.2, 0.25) is 0 Å². The fourth-order valence-electron chi connectivity index (χ4n) is 3.36. The summed E-state index contributed by atoms with van der Waals surface area (Å²) in [5.74, 6) is -0.712. The van der Waals surface area contributed by atoms with Gasteiger partial charge >= 0.3 is 11.9 Å². The number of esters is 2. The second-order valence-corrected chi connectivity index (χ2v) is 8.82. The number of carbonyl (C=O) groups excluding carboxylic acids is 2. The van der Waals surface area contributed by atoms with E-state index in [1.54, 1.807) is 42.5 Å². The number of benzene rings is 1. The second kappa shape index (κ2) is 15.8. The Balaban J connectivity index is 2.44. The Kier molecular flexibility index (Phi) is 13.5. The average Bonchev–Trinajstić information content (AvgIpc) is 2.81. The Hall–Kier alpha value is -2.96. The highest BCUT2D eigenvalue weighted by atomic mass is 16.5. The van der Waals surface area contributed by atoms with E-state index >= 15 is 0 Å². The van der Waals surface area contributed by atoms with Crippen molar-refractivity contribution in [2.24, 2.45) is 11.3 Å². The zero-order valence-electron chi connectivity index (χ0n) is 20.8. The molecular weight excluding hydrogens is 432 g/mol. The van der Waals surface area contributed by atoms with Gasteiger partial charge in [-0.05, 0) is 18.4 Å². The van der Waals surface area contributed by atoms with Crippen LogP contribution in [0.1, 0.15) is 46.3 Å². The lowest BCUT2D eigenvalue weighted by molar-refractivity contribution is -0.146. The summed E-state index contributed by atoms with van der Waals surface area (Å²) in [5, 5.41) is 10.0. The zero-order chi connectivity index (χ0) is 25.4. The van der Waals surface area contributed by atoms with Gasteiger partial charge < -0.3 is 19.3 Å². The highest BCUT2D eigenvalue weighted by Crippen LogP contribution is 2.29. The van der Waals surface area contributed by atoms with Gasteiger partial charge in [0.1, 0.15) is 12.7 Å². The van der Waals surface area contributed by atoms with E-state index in [-0.39, 0.29) is 36.6 Å². The summed E-state index contributed by atoms with van der Waals surface area (Å²) < 4.78 is 16.5. The average molecular weight is 471 g/mol. The Morgan fingerprint density at radius 1 is 0.971 bits per heavy atom. The molecule has 34 heavy (non-hydrogen) atoms. The van der Waals surface area contributed by atoms with Gasteiger partial charge in [0, 0.05) is 17.6 Å². The van der Waals surface area contributed by atoms with Crippen LogP contribution in [0.25, 0.3) is 0 Å². The molecule has 0 heterocycles. The number of carbonyl (C=O) groups is 2. The standard InChI is InChI=1S/C28H38O6/c1-6-7-10-17-26(31)34-21-28(4,5)27(22(2)3)32-19-14-9-13-18-25(30)33-20-24(29)23-15-11-8-12-16-23/h6-18,22,24,27,29H,19-21H2,1-5H3/b7-6+,14-9+,17-10+,18-13+. The summed E-state index contributed by atoms with van der Waals surface area (Å²) >= 11 is 0. The number of aliphatic hydroxyl groups is 1. The van der Waals surface area contributed by atoms with Crippen LogP contribution < -0.4 is 0 Å². The van der Waals surface area contributed by atoms with Gasteiger partial charge in [0.25, 0.3) is 0 Å². The van der Waals surface area contributed by atoms with Crippen molar-refractivity contribution in [1.29, 1.82) is 0 Å². The highest BCUT2D eigenvalue weighted by Gasteiger charge is 2.34. The molecule has 6 nitrogen and oxygen atoms in total. The van der Waals surface area contributed by atoms with Gasteiger partial charge in [0.15, 0.2) is 0 Å². The van der Waals surface area contributed by atoms with Gasteiger partial charge in [0.05, 0.1) is 19.3 Å². The molecule has 0 fully saturated rings. The normalized spacial score (nSPS) is 14.4. The van der Waals surface area contributed by atoms with E-state index in [1.807, 2.05) is 45.0 Å². The first-order valence-electron chi connectivity index (χ1n) is 11.5. The fraction of sp³-hybridized carbons (Fsp3) is 0.429. The molecule has 0 aliphatic heterocycles. The van der Waals surface area contributed by atoms with Gasteiger partial charge in [-0.25, -0.2) is 9.59 Å². The number of rotatable bonds is 14. The predicted octanol–water partition coefficient (Wildman–Crippen LogP) is 5.12. The lowest BCUT2D eigenvalue weighted by Gasteiger charge is -2.36. The Morgan fingerprint density at radius 3 is 2.21 bits per heavy atom. The van der Waals surface area contributed by atoms with Crippen molar-refractivity contribution < 1.29 is 28.9 Å². The number of ether oxygens (including phenoxy) is 3. The van der Waals surface area contributed by atoms with E-state index in [2.05, 4.69) is 13.8 Å². The predicted molar refractivity (Wildman–Crippen MR) is 134 cm³/mol. The molecule has 0 saturated heterocycles. The van der Waals surface area contributed by atoms with E-state index < -0.39 is 12.1 Å². The van der Waals surface area contributed by atoms with Crippen LogP contribution in [0, 0.1) is 11.3 Å². The smallest absolute Gasteiger partial charge is 0.330 e. The molecular formula is C28H38O6. The molecule has 1 rings (SSSR count). The molecule has 0 spiro atoms. The first-order chi connectivity index (χ1) is 16.2. The molecule has 2 unspecified atom stereocenters. The van der Waals surface area contributed by atoms with Crippen molar-refractivity contribution in [2.75, 3.05) is 19.8 Å². The Bertz CT molecular complexity index is 849. The van der Waals surface area contributed by atoms with Crippen molar-refractivity contribution >= 4 is 11.9 Å². The van der Waals surface area contributed by atoms with Gasteiger partial charge in [-0.1, -0.05) is 94.5 Å². The van der Waals surface area contributed by atoms with Crippen LogP contribution >= 0.6 is 0 Å². The van der Waals surface area contributed by atoms with Crippen LogP contribution in [0.3, 0.4) is 0 Å². The van der Waals surface area contributed by atoms with Crippen LogP contribution in [0.4, 0.5) is 0 Å². The summed E-state index contributed by atoms with van der Waals surface area (Å²) in [7, 11) is 0. The molecule has 0 radical (unpaired) electrons. The summed E-state index contributed by atoms with van der Waals surface area (Å²) in [6, 6.07) is 9.03. The zero-order valence-corrected chi connectivity index (χ0v) is 20.8. The molecule has 0 aromatic heterocycles. The van der Waals surface area contributed by atoms with Crippen LogP contribution in [0.15, 0.2) is 78.9 Å². The van der Waals surface area contributed by atoms with Crippen LogP contribution in [0.5, 0.6) is 0 Å². The van der Waals surface area contributed by atoms with Gasteiger partial charge in [-0.2, -0.15) is 0 Å². The molecule has 186 valence electrons. The number of aliphatic hydroxyl groups excluding tert-OH is 1.